The average Bonchev–Trinajstić information content (AvgIpc) is 3.23. The van der Waals surface area contributed by atoms with Crippen LogP contribution in [0, 0.1) is 10.1 Å². The van der Waals surface area contributed by atoms with Crippen LogP contribution in [0.3, 0.4) is 0 Å². The first-order valence-electron chi connectivity index (χ1n) is 6.56. The van der Waals surface area contributed by atoms with Gasteiger partial charge in [-0.25, -0.2) is 4.98 Å². The van der Waals surface area contributed by atoms with Gasteiger partial charge in [0.25, 0.3) is 0 Å². The molecule has 0 unspecified atom stereocenters. The first-order valence-corrected chi connectivity index (χ1v) is 6.56. The van der Waals surface area contributed by atoms with E-state index in [0.29, 0.717) is 17.9 Å². The van der Waals surface area contributed by atoms with Crippen molar-refractivity contribution in [1.82, 2.24) is 9.55 Å². The Bertz CT molecular complexity index is 691. The number of aromatic nitrogens is 2. The predicted molar refractivity (Wildman–Crippen MR) is 73.3 cm³/mol. The van der Waals surface area contributed by atoms with Gasteiger partial charge in [-0.05, 0) is 25.0 Å². The summed E-state index contributed by atoms with van der Waals surface area (Å²) in [5.74, 6) is 0.0909. The SMILES string of the molecule is O=Cc1ccc([N+](=O)[O-])c(OCc2cncn2C2CC2)c1. The molecule has 108 valence electrons. The van der Waals surface area contributed by atoms with Crippen LogP contribution in [0.4, 0.5) is 5.69 Å². The highest BCUT2D eigenvalue weighted by molar-refractivity contribution is 5.76. The number of nitro groups is 1. The lowest BCUT2D eigenvalue weighted by atomic mass is 10.2. The van der Waals surface area contributed by atoms with Crippen molar-refractivity contribution in [3.8, 4) is 5.75 Å². The van der Waals surface area contributed by atoms with Crippen molar-refractivity contribution >= 4 is 12.0 Å². The fourth-order valence-corrected chi connectivity index (χ4v) is 2.15. The van der Waals surface area contributed by atoms with Gasteiger partial charge in [0.1, 0.15) is 12.9 Å². The summed E-state index contributed by atoms with van der Waals surface area (Å²) in [5, 5.41) is 11.0. The number of nitro benzene ring substituents is 1. The summed E-state index contributed by atoms with van der Waals surface area (Å²) in [6.45, 7) is 0.180. The topological polar surface area (TPSA) is 87.3 Å². The number of aldehydes is 1. The number of rotatable bonds is 6. The zero-order valence-electron chi connectivity index (χ0n) is 11.1. The van der Waals surface area contributed by atoms with E-state index in [0.717, 1.165) is 18.5 Å². The average molecular weight is 287 g/mol. The van der Waals surface area contributed by atoms with Crippen LogP contribution in [-0.4, -0.2) is 20.8 Å². The summed E-state index contributed by atoms with van der Waals surface area (Å²) in [6, 6.07) is 4.51. The van der Waals surface area contributed by atoms with Gasteiger partial charge >= 0.3 is 5.69 Å². The Kier molecular flexibility index (Phi) is 3.39. The van der Waals surface area contributed by atoms with Crippen molar-refractivity contribution in [2.45, 2.75) is 25.5 Å². The molecule has 3 rings (SSSR count). The number of nitrogens with zero attached hydrogens (tertiary/aromatic N) is 3. The third kappa shape index (κ3) is 2.76. The van der Waals surface area contributed by atoms with E-state index in [2.05, 4.69) is 4.98 Å². The maximum Gasteiger partial charge on any atom is 0.310 e. The molecule has 1 aromatic heterocycles. The van der Waals surface area contributed by atoms with E-state index in [-0.39, 0.29) is 18.0 Å². The van der Waals surface area contributed by atoms with Crippen LogP contribution < -0.4 is 4.74 Å². The standard InChI is InChI=1S/C14H13N3O4/c18-7-10-1-4-13(17(19)20)14(5-10)21-8-12-6-15-9-16(12)11-2-3-11/h1,4-7,9,11H,2-3,8H2. The summed E-state index contributed by atoms with van der Waals surface area (Å²) < 4.78 is 7.57. The number of imidazole rings is 1. The smallest absolute Gasteiger partial charge is 0.310 e. The van der Waals surface area contributed by atoms with Gasteiger partial charge < -0.3 is 9.30 Å². The minimum Gasteiger partial charge on any atom is -0.480 e. The molecule has 2 aromatic rings. The highest BCUT2D eigenvalue weighted by Crippen LogP contribution is 2.36. The van der Waals surface area contributed by atoms with Gasteiger partial charge in [0.05, 0.1) is 23.1 Å². The fourth-order valence-electron chi connectivity index (χ4n) is 2.15. The van der Waals surface area contributed by atoms with Gasteiger partial charge in [-0.3, -0.25) is 14.9 Å². The number of hydrogen-bond acceptors (Lipinski definition) is 5. The van der Waals surface area contributed by atoms with E-state index >= 15 is 0 Å². The molecule has 1 saturated carbocycles. The molecule has 0 bridgehead atoms. The number of benzene rings is 1. The Morgan fingerprint density at radius 1 is 1.48 bits per heavy atom. The minimum atomic E-state index is -0.526. The maximum atomic E-state index is 11.0. The third-order valence-electron chi connectivity index (χ3n) is 3.38. The molecule has 1 aliphatic carbocycles. The monoisotopic (exact) mass is 287 g/mol. The van der Waals surface area contributed by atoms with E-state index in [9.17, 15) is 14.9 Å². The molecule has 1 aliphatic rings. The maximum absolute atomic E-state index is 11.0. The molecule has 0 N–H and O–H groups in total. The Labute approximate surface area is 120 Å². The van der Waals surface area contributed by atoms with E-state index in [1.807, 2.05) is 4.57 Å². The van der Waals surface area contributed by atoms with Gasteiger partial charge in [-0.15, -0.1) is 0 Å². The van der Waals surface area contributed by atoms with Crippen molar-refractivity contribution in [3.05, 3.63) is 52.1 Å². The molecule has 0 atom stereocenters. The van der Waals surface area contributed by atoms with Crippen LogP contribution >= 0.6 is 0 Å². The largest absolute Gasteiger partial charge is 0.480 e. The highest BCUT2D eigenvalue weighted by Gasteiger charge is 2.25. The van der Waals surface area contributed by atoms with Gasteiger partial charge in [0, 0.05) is 17.7 Å². The van der Waals surface area contributed by atoms with Crippen molar-refractivity contribution in [2.24, 2.45) is 0 Å². The number of carbonyl (C=O) groups excluding carboxylic acids is 1. The lowest BCUT2D eigenvalue weighted by Gasteiger charge is -2.09. The summed E-state index contributed by atoms with van der Waals surface area (Å²) in [5.41, 5.74) is 1.05. The number of hydrogen-bond donors (Lipinski definition) is 0. The van der Waals surface area contributed by atoms with Crippen LogP contribution in [0.5, 0.6) is 5.75 Å². The molecule has 1 fully saturated rings. The van der Waals surface area contributed by atoms with Crippen LogP contribution in [-0.2, 0) is 6.61 Å². The molecule has 1 heterocycles. The number of ether oxygens (including phenoxy) is 1. The van der Waals surface area contributed by atoms with Crippen LogP contribution in [0.2, 0.25) is 0 Å². The van der Waals surface area contributed by atoms with E-state index in [1.54, 1.807) is 12.5 Å². The second-order valence-corrected chi connectivity index (χ2v) is 4.91. The Morgan fingerprint density at radius 2 is 2.29 bits per heavy atom. The molecule has 0 amide bonds. The molecule has 1 aromatic carbocycles. The molecule has 0 aliphatic heterocycles. The van der Waals surface area contributed by atoms with Crippen LogP contribution in [0.1, 0.15) is 34.9 Å². The fraction of sp³-hybridized carbons (Fsp3) is 0.286. The van der Waals surface area contributed by atoms with Gasteiger partial charge in [-0.1, -0.05) is 0 Å². The summed E-state index contributed by atoms with van der Waals surface area (Å²) in [4.78, 5) is 25.3. The summed E-state index contributed by atoms with van der Waals surface area (Å²) in [7, 11) is 0. The molecule has 7 heteroatoms. The van der Waals surface area contributed by atoms with Crippen molar-refractivity contribution < 1.29 is 14.5 Å². The summed E-state index contributed by atoms with van der Waals surface area (Å²) in [6.07, 6.45) is 6.29. The molecule has 0 radical (unpaired) electrons. The van der Waals surface area contributed by atoms with Gasteiger partial charge in [0.15, 0.2) is 5.75 Å². The minimum absolute atomic E-state index is 0.0909. The Hall–Kier alpha value is -2.70. The van der Waals surface area contributed by atoms with Crippen molar-refractivity contribution in [1.29, 1.82) is 0 Å². The first kappa shape index (κ1) is 13.3. The van der Waals surface area contributed by atoms with E-state index in [1.165, 1.54) is 18.2 Å². The molecule has 21 heavy (non-hydrogen) atoms. The molecule has 0 spiro atoms. The third-order valence-corrected chi connectivity index (χ3v) is 3.38. The van der Waals surface area contributed by atoms with E-state index in [4.69, 9.17) is 4.74 Å². The zero-order chi connectivity index (χ0) is 14.8. The van der Waals surface area contributed by atoms with Crippen molar-refractivity contribution in [2.75, 3.05) is 0 Å². The van der Waals surface area contributed by atoms with Crippen LogP contribution in [0.15, 0.2) is 30.7 Å². The summed E-state index contributed by atoms with van der Waals surface area (Å²) >= 11 is 0. The first-order chi connectivity index (χ1) is 10.2. The Morgan fingerprint density at radius 3 is 2.95 bits per heavy atom. The number of carbonyl (C=O) groups is 1. The normalized spacial score (nSPS) is 13.9. The van der Waals surface area contributed by atoms with Gasteiger partial charge in [0.2, 0.25) is 0 Å². The van der Waals surface area contributed by atoms with Gasteiger partial charge in [-0.2, -0.15) is 0 Å². The highest BCUT2D eigenvalue weighted by atomic mass is 16.6. The van der Waals surface area contributed by atoms with Crippen LogP contribution in [0.25, 0.3) is 0 Å². The molecule has 7 nitrogen and oxygen atoms in total. The molecular formula is C14H13N3O4. The Balaban J connectivity index is 1.81. The molecule has 0 saturated heterocycles. The lowest BCUT2D eigenvalue weighted by Crippen LogP contribution is -2.05. The molecular weight excluding hydrogens is 274 g/mol. The lowest BCUT2D eigenvalue weighted by molar-refractivity contribution is -0.386. The van der Waals surface area contributed by atoms with E-state index < -0.39 is 4.92 Å². The second kappa shape index (κ2) is 5.35. The predicted octanol–water partition coefficient (Wildman–Crippen LogP) is 2.52. The second-order valence-electron chi connectivity index (χ2n) is 4.91. The quantitative estimate of drug-likeness (QED) is 0.463. The zero-order valence-corrected chi connectivity index (χ0v) is 11.1. The van der Waals surface area contributed by atoms with Crippen molar-refractivity contribution in [3.63, 3.8) is 0 Å².